The highest BCUT2D eigenvalue weighted by atomic mass is 32.1. The van der Waals surface area contributed by atoms with Gasteiger partial charge < -0.3 is 5.32 Å². The van der Waals surface area contributed by atoms with Gasteiger partial charge in [-0.1, -0.05) is 17.4 Å². The number of carbonyl (C=O) groups is 2. The second kappa shape index (κ2) is 5.53. The maximum atomic E-state index is 12.9. The zero-order valence-electron chi connectivity index (χ0n) is 9.81. The van der Waals surface area contributed by atoms with Gasteiger partial charge in [0, 0.05) is 5.69 Å². The molecule has 1 aromatic heterocycles. The van der Waals surface area contributed by atoms with Gasteiger partial charge in [-0.3, -0.25) is 14.9 Å². The van der Waals surface area contributed by atoms with Gasteiger partial charge in [-0.25, -0.2) is 4.39 Å². The SMILES string of the molecule is Cc1nnc(NC(=O)C(=O)Nc2cccc(F)c2)s1. The topological polar surface area (TPSA) is 84.0 Å². The van der Waals surface area contributed by atoms with Crippen LogP contribution in [-0.4, -0.2) is 22.0 Å². The smallest absolute Gasteiger partial charge is 0.315 e. The molecule has 0 saturated carbocycles. The van der Waals surface area contributed by atoms with Crippen LogP contribution in [0.1, 0.15) is 5.01 Å². The van der Waals surface area contributed by atoms with E-state index in [4.69, 9.17) is 0 Å². The highest BCUT2D eigenvalue weighted by Crippen LogP contribution is 2.14. The highest BCUT2D eigenvalue weighted by molar-refractivity contribution is 7.15. The van der Waals surface area contributed by atoms with Gasteiger partial charge in [0.2, 0.25) is 5.13 Å². The Hall–Kier alpha value is -2.35. The van der Waals surface area contributed by atoms with Crippen LogP contribution >= 0.6 is 11.3 Å². The number of carbonyl (C=O) groups excluding carboxylic acids is 2. The van der Waals surface area contributed by atoms with Crippen molar-refractivity contribution in [1.29, 1.82) is 0 Å². The van der Waals surface area contributed by atoms with E-state index in [-0.39, 0.29) is 10.8 Å². The number of aromatic nitrogens is 2. The quantitative estimate of drug-likeness (QED) is 0.818. The summed E-state index contributed by atoms with van der Waals surface area (Å²) in [6.45, 7) is 1.72. The Kier molecular flexibility index (Phi) is 3.81. The third-order valence-electron chi connectivity index (χ3n) is 2.04. The predicted octanol–water partition coefficient (Wildman–Crippen LogP) is 1.56. The van der Waals surface area contributed by atoms with E-state index in [1.165, 1.54) is 18.2 Å². The standard InChI is InChI=1S/C11H9FN4O2S/c1-6-15-16-11(19-6)14-10(18)9(17)13-8-4-2-3-7(12)5-8/h2-5H,1H3,(H,13,17)(H,14,16,18). The number of rotatable bonds is 2. The van der Waals surface area contributed by atoms with E-state index in [1.54, 1.807) is 6.92 Å². The molecule has 2 rings (SSSR count). The number of nitrogens with zero attached hydrogens (tertiary/aromatic N) is 2. The Bertz CT molecular complexity index is 629. The van der Waals surface area contributed by atoms with Gasteiger partial charge in [0.25, 0.3) is 0 Å². The molecule has 0 bridgehead atoms. The van der Waals surface area contributed by atoms with Crippen molar-refractivity contribution in [2.24, 2.45) is 0 Å². The number of hydrogen-bond donors (Lipinski definition) is 2. The molecule has 0 unspecified atom stereocenters. The Balaban J connectivity index is 1.98. The number of hydrogen-bond acceptors (Lipinski definition) is 5. The molecule has 19 heavy (non-hydrogen) atoms. The minimum atomic E-state index is -0.904. The fraction of sp³-hybridized carbons (Fsp3) is 0.0909. The normalized spacial score (nSPS) is 10.0. The van der Waals surface area contributed by atoms with Crippen LogP contribution in [0.2, 0.25) is 0 Å². The molecular weight excluding hydrogens is 271 g/mol. The van der Waals surface area contributed by atoms with Gasteiger partial charge >= 0.3 is 11.8 Å². The van der Waals surface area contributed by atoms with Crippen LogP contribution < -0.4 is 10.6 Å². The Labute approximate surface area is 111 Å². The van der Waals surface area contributed by atoms with Crippen LogP contribution in [-0.2, 0) is 9.59 Å². The van der Waals surface area contributed by atoms with Crippen molar-refractivity contribution >= 4 is 34.0 Å². The van der Waals surface area contributed by atoms with Crippen molar-refractivity contribution in [2.45, 2.75) is 6.92 Å². The summed E-state index contributed by atoms with van der Waals surface area (Å²) in [7, 11) is 0. The molecule has 98 valence electrons. The monoisotopic (exact) mass is 280 g/mol. The van der Waals surface area contributed by atoms with Crippen LogP contribution in [0.15, 0.2) is 24.3 Å². The molecular formula is C11H9FN4O2S. The van der Waals surface area contributed by atoms with Gasteiger partial charge in [-0.2, -0.15) is 0 Å². The van der Waals surface area contributed by atoms with Gasteiger partial charge in [0.05, 0.1) is 0 Å². The average molecular weight is 280 g/mol. The summed E-state index contributed by atoms with van der Waals surface area (Å²) in [6.07, 6.45) is 0. The molecule has 6 nitrogen and oxygen atoms in total. The molecule has 0 atom stereocenters. The lowest BCUT2D eigenvalue weighted by Crippen LogP contribution is -2.29. The fourth-order valence-corrected chi connectivity index (χ4v) is 1.84. The van der Waals surface area contributed by atoms with Gasteiger partial charge in [0.1, 0.15) is 10.8 Å². The molecule has 1 heterocycles. The zero-order chi connectivity index (χ0) is 13.8. The maximum Gasteiger partial charge on any atom is 0.315 e. The molecule has 2 aromatic rings. The van der Waals surface area contributed by atoms with Crippen molar-refractivity contribution in [1.82, 2.24) is 10.2 Å². The minimum Gasteiger partial charge on any atom is -0.318 e. The lowest BCUT2D eigenvalue weighted by molar-refractivity contribution is -0.133. The number of aryl methyl sites for hydroxylation is 1. The van der Waals surface area contributed by atoms with E-state index in [0.29, 0.717) is 5.01 Å². The van der Waals surface area contributed by atoms with E-state index in [1.807, 2.05) is 0 Å². The van der Waals surface area contributed by atoms with E-state index in [2.05, 4.69) is 20.8 Å². The van der Waals surface area contributed by atoms with E-state index in [0.717, 1.165) is 17.4 Å². The molecule has 0 spiro atoms. The van der Waals surface area contributed by atoms with Gasteiger partial charge in [0.15, 0.2) is 0 Å². The largest absolute Gasteiger partial charge is 0.318 e. The van der Waals surface area contributed by atoms with Crippen molar-refractivity contribution < 1.29 is 14.0 Å². The summed E-state index contributed by atoms with van der Waals surface area (Å²) in [6, 6.07) is 5.25. The number of anilines is 2. The van der Waals surface area contributed by atoms with E-state index < -0.39 is 17.6 Å². The van der Waals surface area contributed by atoms with Crippen molar-refractivity contribution in [2.75, 3.05) is 10.6 Å². The molecule has 0 fully saturated rings. The Morgan fingerprint density at radius 2 is 1.95 bits per heavy atom. The Morgan fingerprint density at radius 3 is 2.58 bits per heavy atom. The maximum absolute atomic E-state index is 12.9. The van der Waals surface area contributed by atoms with Crippen LogP contribution in [0, 0.1) is 12.7 Å². The number of benzene rings is 1. The van der Waals surface area contributed by atoms with Crippen molar-refractivity contribution in [3.63, 3.8) is 0 Å². The number of amides is 2. The van der Waals surface area contributed by atoms with Crippen molar-refractivity contribution in [3.05, 3.63) is 35.1 Å². The fourth-order valence-electron chi connectivity index (χ4n) is 1.26. The molecule has 2 amide bonds. The molecule has 0 aliphatic carbocycles. The van der Waals surface area contributed by atoms with Crippen LogP contribution in [0.5, 0.6) is 0 Å². The van der Waals surface area contributed by atoms with Crippen LogP contribution in [0.3, 0.4) is 0 Å². The molecule has 1 aromatic carbocycles. The Morgan fingerprint density at radius 1 is 1.21 bits per heavy atom. The summed E-state index contributed by atoms with van der Waals surface area (Å²) in [5.41, 5.74) is 0.202. The predicted molar refractivity (Wildman–Crippen MR) is 68.3 cm³/mol. The van der Waals surface area contributed by atoms with Crippen molar-refractivity contribution in [3.8, 4) is 0 Å². The van der Waals surface area contributed by atoms with Gasteiger partial charge in [-0.05, 0) is 25.1 Å². The second-order valence-corrected chi connectivity index (χ2v) is 4.73. The lowest BCUT2D eigenvalue weighted by atomic mass is 10.3. The minimum absolute atomic E-state index is 0.202. The van der Waals surface area contributed by atoms with Crippen LogP contribution in [0.25, 0.3) is 0 Å². The molecule has 8 heteroatoms. The first-order valence-electron chi connectivity index (χ1n) is 5.22. The molecule has 0 aliphatic heterocycles. The first-order valence-corrected chi connectivity index (χ1v) is 6.04. The molecule has 0 radical (unpaired) electrons. The first kappa shape index (κ1) is 13.1. The van der Waals surface area contributed by atoms with Gasteiger partial charge in [-0.15, -0.1) is 10.2 Å². The molecule has 0 aliphatic rings. The summed E-state index contributed by atoms with van der Waals surface area (Å²) in [4.78, 5) is 23.1. The highest BCUT2D eigenvalue weighted by Gasteiger charge is 2.16. The molecule has 2 N–H and O–H groups in total. The number of halogens is 1. The van der Waals surface area contributed by atoms with Crippen LogP contribution in [0.4, 0.5) is 15.2 Å². The van der Waals surface area contributed by atoms with E-state index >= 15 is 0 Å². The van der Waals surface area contributed by atoms with E-state index in [9.17, 15) is 14.0 Å². The third-order valence-corrected chi connectivity index (χ3v) is 2.79. The molecule has 0 saturated heterocycles. The zero-order valence-corrected chi connectivity index (χ0v) is 10.6. The summed E-state index contributed by atoms with van der Waals surface area (Å²) >= 11 is 1.15. The summed E-state index contributed by atoms with van der Waals surface area (Å²) in [5.74, 6) is -2.29. The first-order chi connectivity index (χ1) is 9.04. The third kappa shape index (κ3) is 3.55. The summed E-state index contributed by atoms with van der Waals surface area (Å²) < 4.78 is 12.9. The average Bonchev–Trinajstić information content (AvgIpc) is 2.74. The summed E-state index contributed by atoms with van der Waals surface area (Å²) in [5, 5.41) is 12.8. The second-order valence-electron chi connectivity index (χ2n) is 3.54. The number of nitrogens with one attached hydrogen (secondary N) is 2. The lowest BCUT2D eigenvalue weighted by Gasteiger charge is -2.04.